The van der Waals surface area contributed by atoms with E-state index in [1.165, 1.54) is 22.7 Å². The highest BCUT2D eigenvalue weighted by Gasteiger charge is 2.44. The van der Waals surface area contributed by atoms with Crippen molar-refractivity contribution in [1.82, 2.24) is 19.5 Å². The van der Waals surface area contributed by atoms with E-state index in [0.29, 0.717) is 27.0 Å². The molecule has 4 rings (SSSR count). The maximum atomic E-state index is 10.3. The largest absolute Gasteiger partial charge is 0.394 e. The van der Waals surface area contributed by atoms with E-state index in [1.54, 1.807) is 0 Å². The summed E-state index contributed by atoms with van der Waals surface area (Å²) in [5, 5.41) is 30.8. The van der Waals surface area contributed by atoms with Crippen molar-refractivity contribution in [3.63, 3.8) is 0 Å². The first-order valence-electron chi connectivity index (χ1n) is 8.48. The van der Waals surface area contributed by atoms with Gasteiger partial charge in [-0.1, -0.05) is 41.6 Å². The third-order valence-electron chi connectivity index (χ3n) is 4.52. The maximum Gasteiger partial charge on any atom is 0.223 e. The van der Waals surface area contributed by atoms with Gasteiger partial charge in [-0.3, -0.25) is 4.57 Å². The molecular formula is C17H18ClN5O4S. The van der Waals surface area contributed by atoms with E-state index in [9.17, 15) is 15.3 Å². The molecule has 1 aromatic carbocycles. The molecule has 0 radical (unpaired) electrons. The van der Waals surface area contributed by atoms with Crippen LogP contribution in [0, 0.1) is 0 Å². The summed E-state index contributed by atoms with van der Waals surface area (Å²) in [7, 11) is 0. The fourth-order valence-corrected chi connectivity index (χ4v) is 4.33. The first kappa shape index (κ1) is 19.4. The lowest BCUT2D eigenvalue weighted by Gasteiger charge is -2.16. The average Bonchev–Trinajstić information content (AvgIpc) is 3.22. The zero-order valence-corrected chi connectivity index (χ0v) is 16.1. The van der Waals surface area contributed by atoms with Crippen LogP contribution in [0.15, 0.2) is 35.6 Å². The standard InChI is InChI=1S/C17H18ClN5O4S/c18-9-4-2-1-3-8(9)6-28-15-11-14(21-17(19)22-15)23(7-20-11)16-13(26)12(25)10(5-24)27-16/h1-4,7,10,12-13,16,24-26H,5-6H2,(H2,19,21,22)/t10-,12+,13+,16-/m0/s1. The molecule has 2 aromatic heterocycles. The van der Waals surface area contributed by atoms with Crippen molar-refractivity contribution in [3.05, 3.63) is 41.2 Å². The summed E-state index contributed by atoms with van der Waals surface area (Å²) in [6.07, 6.45) is -2.87. The average molecular weight is 424 g/mol. The van der Waals surface area contributed by atoms with Crippen LogP contribution in [0.5, 0.6) is 0 Å². The van der Waals surface area contributed by atoms with Gasteiger partial charge in [-0.2, -0.15) is 4.98 Å². The zero-order valence-electron chi connectivity index (χ0n) is 14.5. The Morgan fingerprint density at radius 3 is 2.71 bits per heavy atom. The van der Waals surface area contributed by atoms with Crippen molar-refractivity contribution < 1.29 is 20.1 Å². The van der Waals surface area contributed by atoms with Gasteiger partial charge in [0.1, 0.15) is 28.9 Å². The van der Waals surface area contributed by atoms with E-state index < -0.39 is 31.1 Å². The number of hydrogen-bond donors (Lipinski definition) is 4. The summed E-state index contributed by atoms with van der Waals surface area (Å²) in [4.78, 5) is 12.8. The van der Waals surface area contributed by atoms with Crippen molar-refractivity contribution >= 4 is 40.5 Å². The molecule has 5 N–H and O–H groups in total. The summed E-state index contributed by atoms with van der Waals surface area (Å²) in [6, 6.07) is 7.51. The number of imidazole rings is 1. The number of nitrogen functional groups attached to an aromatic ring is 1. The van der Waals surface area contributed by atoms with Crippen LogP contribution in [0.2, 0.25) is 5.02 Å². The van der Waals surface area contributed by atoms with Gasteiger partial charge < -0.3 is 25.8 Å². The maximum absolute atomic E-state index is 10.3. The number of ether oxygens (including phenoxy) is 1. The van der Waals surface area contributed by atoms with Gasteiger partial charge in [-0.15, -0.1) is 0 Å². The third-order valence-corrected chi connectivity index (χ3v) is 5.90. The lowest BCUT2D eigenvalue weighted by Crippen LogP contribution is -2.33. The molecule has 9 nitrogen and oxygen atoms in total. The van der Waals surface area contributed by atoms with Crippen LogP contribution in [-0.2, 0) is 10.5 Å². The van der Waals surface area contributed by atoms with Crippen molar-refractivity contribution in [2.75, 3.05) is 12.3 Å². The van der Waals surface area contributed by atoms with E-state index in [1.807, 2.05) is 24.3 Å². The van der Waals surface area contributed by atoms with Crippen molar-refractivity contribution in [3.8, 4) is 0 Å². The van der Waals surface area contributed by atoms with E-state index in [0.717, 1.165) is 5.56 Å². The second-order valence-corrected chi connectivity index (χ2v) is 7.69. The van der Waals surface area contributed by atoms with Crippen LogP contribution in [0.25, 0.3) is 11.2 Å². The highest BCUT2D eigenvalue weighted by molar-refractivity contribution is 7.98. The second kappa shape index (κ2) is 7.82. The Bertz CT molecular complexity index is 1000. The number of nitrogens with two attached hydrogens (primary N) is 1. The molecule has 1 aliphatic heterocycles. The number of aliphatic hydroxyl groups is 3. The van der Waals surface area contributed by atoms with Crippen molar-refractivity contribution in [2.24, 2.45) is 0 Å². The number of rotatable bonds is 5. The molecule has 0 saturated carbocycles. The van der Waals surface area contributed by atoms with Gasteiger partial charge in [-0.05, 0) is 11.6 Å². The minimum absolute atomic E-state index is 0.0441. The number of anilines is 1. The molecule has 11 heteroatoms. The van der Waals surface area contributed by atoms with Crippen molar-refractivity contribution in [1.29, 1.82) is 0 Å². The molecule has 28 heavy (non-hydrogen) atoms. The first-order valence-corrected chi connectivity index (χ1v) is 9.84. The molecule has 0 bridgehead atoms. The number of thioether (sulfide) groups is 1. The molecule has 1 fully saturated rings. The molecule has 0 unspecified atom stereocenters. The fraction of sp³-hybridized carbons (Fsp3) is 0.353. The topological polar surface area (TPSA) is 140 Å². The third kappa shape index (κ3) is 3.43. The van der Waals surface area contributed by atoms with Gasteiger partial charge in [-0.25, -0.2) is 9.97 Å². The minimum atomic E-state index is -1.25. The van der Waals surface area contributed by atoms with Gasteiger partial charge in [0.15, 0.2) is 11.9 Å². The Kier molecular flexibility index (Phi) is 5.41. The molecule has 148 valence electrons. The predicted molar refractivity (Wildman–Crippen MR) is 104 cm³/mol. The van der Waals surface area contributed by atoms with Crippen LogP contribution in [0.3, 0.4) is 0 Å². The predicted octanol–water partition coefficient (Wildman–Crippen LogP) is 0.966. The zero-order chi connectivity index (χ0) is 19.8. The lowest BCUT2D eigenvalue weighted by molar-refractivity contribution is -0.0511. The Morgan fingerprint density at radius 1 is 1.21 bits per heavy atom. The number of aromatic nitrogens is 4. The van der Waals surface area contributed by atoms with Crippen LogP contribution in [0.1, 0.15) is 11.8 Å². The monoisotopic (exact) mass is 423 g/mol. The Balaban J connectivity index is 1.66. The Hall–Kier alpha value is -1.95. The highest BCUT2D eigenvalue weighted by atomic mass is 35.5. The number of benzene rings is 1. The molecule has 0 amide bonds. The smallest absolute Gasteiger partial charge is 0.223 e. The van der Waals surface area contributed by atoms with Gasteiger partial charge >= 0.3 is 0 Å². The number of fused-ring (bicyclic) bond motifs is 1. The summed E-state index contributed by atoms with van der Waals surface area (Å²) >= 11 is 7.62. The molecular weight excluding hydrogens is 406 g/mol. The van der Waals surface area contributed by atoms with Crippen LogP contribution in [0.4, 0.5) is 5.95 Å². The Morgan fingerprint density at radius 2 is 2.00 bits per heavy atom. The first-order chi connectivity index (χ1) is 13.5. The molecule has 4 atom stereocenters. The van der Waals surface area contributed by atoms with Crippen molar-refractivity contribution in [2.45, 2.75) is 35.3 Å². The number of hydrogen-bond acceptors (Lipinski definition) is 9. The molecule has 3 heterocycles. The van der Waals surface area contributed by atoms with E-state index in [-0.39, 0.29) is 5.95 Å². The lowest BCUT2D eigenvalue weighted by atomic mass is 10.1. The minimum Gasteiger partial charge on any atom is -0.394 e. The molecule has 1 aliphatic rings. The number of aliphatic hydroxyl groups excluding tert-OH is 3. The normalized spacial score (nSPS) is 24.9. The van der Waals surface area contributed by atoms with Crippen LogP contribution < -0.4 is 5.73 Å². The number of nitrogens with zero attached hydrogens (tertiary/aromatic N) is 4. The molecule has 0 spiro atoms. The van der Waals surface area contributed by atoms with Crippen LogP contribution in [-0.4, -0.2) is 59.8 Å². The SMILES string of the molecule is Nc1nc(SCc2ccccc2Cl)c2ncn([C@H]3O[C@@H](CO)[C@@H](O)[C@H]3O)c2n1. The van der Waals surface area contributed by atoms with E-state index >= 15 is 0 Å². The second-order valence-electron chi connectivity index (χ2n) is 6.32. The Labute approximate surface area is 169 Å². The quantitative estimate of drug-likeness (QED) is 0.349. The van der Waals surface area contributed by atoms with E-state index in [2.05, 4.69) is 15.0 Å². The molecule has 1 saturated heterocycles. The number of halogens is 1. The van der Waals surface area contributed by atoms with Gasteiger partial charge in [0.2, 0.25) is 5.95 Å². The highest BCUT2D eigenvalue weighted by Crippen LogP contribution is 2.34. The van der Waals surface area contributed by atoms with Gasteiger partial charge in [0.25, 0.3) is 0 Å². The summed E-state index contributed by atoms with van der Waals surface area (Å²) in [5.74, 6) is 0.606. The van der Waals surface area contributed by atoms with Gasteiger partial charge in [0, 0.05) is 10.8 Å². The van der Waals surface area contributed by atoms with Crippen LogP contribution >= 0.6 is 23.4 Å². The summed E-state index contributed by atoms with van der Waals surface area (Å²) in [5.41, 5.74) is 7.67. The summed E-state index contributed by atoms with van der Waals surface area (Å²) in [6.45, 7) is -0.419. The van der Waals surface area contributed by atoms with E-state index in [4.69, 9.17) is 22.1 Å². The molecule has 3 aromatic rings. The van der Waals surface area contributed by atoms with Gasteiger partial charge in [0.05, 0.1) is 12.9 Å². The molecule has 0 aliphatic carbocycles. The fourth-order valence-electron chi connectivity index (χ4n) is 3.06. The summed E-state index contributed by atoms with van der Waals surface area (Å²) < 4.78 is 7.04.